The van der Waals surface area contributed by atoms with E-state index in [1.807, 2.05) is 0 Å². The normalized spacial score (nSPS) is 21.4. The van der Waals surface area contributed by atoms with E-state index in [1.165, 1.54) is 25.3 Å². The van der Waals surface area contributed by atoms with Gasteiger partial charge in [-0.2, -0.15) is 0 Å². The summed E-state index contributed by atoms with van der Waals surface area (Å²) in [4.78, 5) is 4.61. The average molecular weight is 382 g/mol. The van der Waals surface area contributed by atoms with Crippen molar-refractivity contribution in [3.63, 3.8) is 0 Å². The molecule has 0 saturated heterocycles. The van der Waals surface area contributed by atoms with Gasteiger partial charge in [0.15, 0.2) is 23.2 Å². The van der Waals surface area contributed by atoms with Crippen molar-refractivity contribution in [2.24, 2.45) is 11.8 Å². The molecule has 0 amide bonds. The van der Waals surface area contributed by atoms with Crippen LogP contribution in [0.1, 0.15) is 57.1 Å². The fourth-order valence-electron chi connectivity index (χ4n) is 4.33. The van der Waals surface area contributed by atoms with E-state index in [4.69, 9.17) is 4.74 Å². The minimum absolute atomic E-state index is 0.0778. The minimum Gasteiger partial charge on any atom is -0.494 e. The van der Waals surface area contributed by atoms with Crippen molar-refractivity contribution in [3.8, 4) is 5.75 Å². The Kier molecular flexibility index (Phi) is 6.27. The molecule has 6 heteroatoms. The Bertz CT molecular complexity index is 801. The second-order valence-corrected chi connectivity index (χ2v) is 7.37. The lowest BCUT2D eigenvalue weighted by atomic mass is 9.76. The zero-order chi connectivity index (χ0) is 19.6. The molecule has 0 bridgehead atoms. The molecule has 0 heterocycles. The van der Waals surface area contributed by atoms with Gasteiger partial charge in [0.1, 0.15) is 6.10 Å². The third-order valence-corrected chi connectivity index (χ3v) is 5.77. The van der Waals surface area contributed by atoms with E-state index < -0.39 is 28.9 Å². The summed E-state index contributed by atoms with van der Waals surface area (Å²) in [6, 6.07) is 4.19. The number of ether oxygens (including phenoxy) is 1. The van der Waals surface area contributed by atoms with Crippen LogP contribution in [0.5, 0.6) is 5.75 Å². The van der Waals surface area contributed by atoms with E-state index in [0.717, 1.165) is 38.5 Å². The topological polar surface area (TPSA) is 38.7 Å². The lowest BCUT2D eigenvalue weighted by Crippen LogP contribution is -2.23. The number of fused-ring (bicyclic) bond motifs is 1. The van der Waals surface area contributed by atoms with Crippen LogP contribution in [0.25, 0.3) is 10.8 Å². The summed E-state index contributed by atoms with van der Waals surface area (Å²) in [5.41, 5.74) is -0.0778. The molecule has 0 radical (unpaired) electrons. The molecule has 1 saturated carbocycles. The van der Waals surface area contributed by atoms with E-state index in [2.05, 4.69) is 11.8 Å². The summed E-state index contributed by atoms with van der Waals surface area (Å²) in [5, 5.41) is 9.18. The monoisotopic (exact) mass is 382 g/mol. The van der Waals surface area contributed by atoms with Gasteiger partial charge in [0, 0.05) is 5.56 Å². The van der Waals surface area contributed by atoms with Gasteiger partial charge in [-0.15, -0.1) is 0 Å². The Morgan fingerprint density at radius 2 is 1.78 bits per heavy atom. The zero-order valence-corrected chi connectivity index (χ0v) is 15.6. The molecular formula is C21H25F3O3. The molecule has 2 aromatic carbocycles. The van der Waals surface area contributed by atoms with Crippen molar-refractivity contribution in [3.05, 3.63) is 41.2 Å². The van der Waals surface area contributed by atoms with Gasteiger partial charge in [-0.05, 0) is 42.2 Å². The highest BCUT2D eigenvalue weighted by atomic mass is 19.2. The average Bonchev–Trinajstić information content (AvgIpc) is 2.67. The largest absolute Gasteiger partial charge is 0.494 e. The molecule has 3 nitrogen and oxygen atoms in total. The first-order chi connectivity index (χ1) is 13.0. The fraction of sp³-hybridized carbons (Fsp3) is 0.524. The first-order valence-corrected chi connectivity index (χ1v) is 9.46. The van der Waals surface area contributed by atoms with E-state index >= 15 is 0 Å². The highest BCUT2D eigenvalue weighted by Gasteiger charge is 2.33. The highest BCUT2D eigenvalue weighted by molar-refractivity contribution is 5.86. The fourth-order valence-corrected chi connectivity index (χ4v) is 4.33. The first kappa shape index (κ1) is 20.0. The molecule has 1 aliphatic carbocycles. The lowest BCUT2D eigenvalue weighted by Gasteiger charge is -2.32. The van der Waals surface area contributed by atoms with Crippen LogP contribution < -0.4 is 4.74 Å². The molecule has 27 heavy (non-hydrogen) atoms. The van der Waals surface area contributed by atoms with Crippen LogP contribution in [0.3, 0.4) is 0 Å². The molecule has 0 aromatic heterocycles. The Morgan fingerprint density at radius 1 is 1.07 bits per heavy atom. The molecule has 1 fully saturated rings. The maximum absolute atomic E-state index is 14.8. The molecular weight excluding hydrogens is 357 g/mol. The van der Waals surface area contributed by atoms with E-state index in [0.29, 0.717) is 5.92 Å². The number of methoxy groups -OCH3 is 1. The molecule has 1 aliphatic rings. The second kappa shape index (κ2) is 8.48. The van der Waals surface area contributed by atoms with Crippen molar-refractivity contribution >= 4 is 10.8 Å². The molecule has 2 aromatic rings. The van der Waals surface area contributed by atoms with E-state index in [-0.39, 0.29) is 22.6 Å². The highest BCUT2D eigenvalue weighted by Crippen LogP contribution is 2.42. The van der Waals surface area contributed by atoms with Gasteiger partial charge in [0.05, 0.1) is 12.5 Å². The van der Waals surface area contributed by atoms with Crippen molar-refractivity contribution in [2.75, 3.05) is 7.11 Å². The minimum atomic E-state index is -1.29. The third kappa shape index (κ3) is 3.78. The SMILES string of the molecule is CCCC1CCC(C(OO)c2cc3ccc(OC)c(F)c3c(F)c2F)CC1. The van der Waals surface area contributed by atoms with Crippen LogP contribution in [0.4, 0.5) is 13.2 Å². The van der Waals surface area contributed by atoms with Gasteiger partial charge in [0.25, 0.3) is 0 Å². The predicted molar refractivity (Wildman–Crippen MR) is 97.2 cm³/mol. The first-order valence-electron chi connectivity index (χ1n) is 9.46. The number of halogens is 3. The van der Waals surface area contributed by atoms with Gasteiger partial charge < -0.3 is 4.74 Å². The molecule has 1 unspecified atom stereocenters. The van der Waals surface area contributed by atoms with Gasteiger partial charge in [-0.1, -0.05) is 38.7 Å². The summed E-state index contributed by atoms with van der Waals surface area (Å²) in [6.45, 7) is 2.15. The molecule has 0 aliphatic heterocycles. The summed E-state index contributed by atoms with van der Waals surface area (Å²) in [6.07, 6.45) is 4.78. The molecule has 1 N–H and O–H groups in total. The Morgan fingerprint density at radius 3 is 2.37 bits per heavy atom. The third-order valence-electron chi connectivity index (χ3n) is 5.77. The smallest absolute Gasteiger partial charge is 0.175 e. The van der Waals surface area contributed by atoms with Crippen LogP contribution in [0.2, 0.25) is 0 Å². The van der Waals surface area contributed by atoms with Gasteiger partial charge >= 0.3 is 0 Å². The van der Waals surface area contributed by atoms with Crippen LogP contribution in [-0.4, -0.2) is 12.4 Å². The van der Waals surface area contributed by atoms with Gasteiger partial charge in [-0.25, -0.2) is 18.1 Å². The Labute approximate surface area is 157 Å². The van der Waals surface area contributed by atoms with Crippen LogP contribution in [0.15, 0.2) is 18.2 Å². The maximum Gasteiger partial charge on any atom is 0.175 e. The lowest BCUT2D eigenvalue weighted by molar-refractivity contribution is -0.296. The quantitative estimate of drug-likeness (QED) is 0.464. The number of rotatable bonds is 6. The number of hydrogen-bond acceptors (Lipinski definition) is 3. The summed E-state index contributed by atoms with van der Waals surface area (Å²) < 4.78 is 48.6. The summed E-state index contributed by atoms with van der Waals surface area (Å²) in [5.74, 6) is -3.06. The summed E-state index contributed by atoms with van der Waals surface area (Å²) in [7, 11) is 1.26. The van der Waals surface area contributed by atoms with Crippen LogP contribution in [-0.2, 0) is 4.89 Å². The van der Waals surface area contributed by atoms with Crippen molar-refractivity contribution < 1.29 is 28.1 Å². The maximum atomic E-state index is 14.8. The van der Waals surface area contributed by atoms with Crippen molar-refractivity contribution in [1.82, 2.24) is 0 Å². The molecule has 1 atom stereocenters. The Hall–Kier alpha value is -1.79. The van der Waals surface area contributed by atoms with Crippen LogP contribution in [0, 0.1) is 29.3 Å². The zero-order valence-electron chi connectivity index (χ0n) is 15.6. The summed E-state index contributed by atoms with van der Waals surface area (Å²) >= 11 is 0. The number of benzene rings is 2. The van der Waals surface area contributed by atoms with E-state index in [9.17, 15) is 18.4 Å². The molecule has 0 spiro atoms. The number of hydrogen-bond donors (Lipinski definition) is 1. The standard InChI is InChI=1S/C21H25F3O3/c1-3-4-12-5-7-13(8-6-12)21(27-25)15-11-14-9-10-16(26-2)19(23)17(14)20(24)18(15)22/h9-13,21,25H,3-8H2,1-2H3. The Balaban J connectivity index is 1.96. The van der Waals surface area contributed by atoms with Gasteiger partial charge in [-0.3, -0.25) is 5.26 Å². The predicted octanol–water partition coefficient (Wildman–Crippen LogP) is 6.40. The second-order valence-electron chi connectivity index (χ2n) is 7.37. The molecule has 148 valence electrons. The van der Waals surface area contributed by atoms with Crippen molar-refractivity contribution in [2.45, 2.75) is 51.6 Å². The van der Waals surface area contributed by atoms with Crippen molar-refractivity contribution in [1.29, 1.82) is 0 Å². The molecule has 3 rings (SSSR count). The van der Waals surface area contributed by atoms with Gasteiger partial charge in [0.2, 0.25) is 0 Å². The van der Waals surface area contributed by atoms with E-state index in [1.54, 1.807) is 0 Å². The van der Waals surface area contributed by atoms with Crippen LogP contribution >= 0.6 is 0 Å².